The Balaban J connectivity index is 2.56. The van der Waals surface area contributed by atoms with Gasteiger partial charge in [0.1, 0.15) is 0 Å². The third-order valence-corrected chi connectivity index (χ3v) is 1.17. The topological polar surface area (TPSA) is 0 Å². The van der Waals surface area contributed by atoms with Crippen LogP contribution in [0.2, 0.25) is 0 Å². The molecule has 7 heavy (non-hydrogen) atoms. The Kier molecular flexibility index (Phi) is 0.977. The first-order chi connectivity index (χ1) is 3.93. The minimum atomic E-state index is 1.10. The van der Waals surface area contributed by atoms with Crippen molar-refractivity contribution in [1.29, 1.82) is 0 Å². The van der Waals surface area contributed by atoms with Gasteiger partial charge in [-0.1, -0.05) is 24.3 Å². The quantitative estimate of drug-likeness (QED) is 0.433. The van der Waals surface area contributed by atoms with Gasteiger partial charge in [0.15, 0.2) is 0 Å². The van der Waals surface area contributed by atoms with E-state index in [1.807, 2.05) is 6.08 Å². The van der Waals surface area contributed by atoms with E-state index in [1.165, 1.54) is 19.4 Å². The van der Waals surface area contributed by atoms with Crippen LogP contribution >= 0.6 is 0 Å². The highest BCUT2D eigenvalue weighted by atomic mass is 14.0. The highest BCUT2D eigenvalue weighted by Crippen LogP contribution is 2.12. The second-order valence-corrected chi connectivity index (χ2v) is 1.87. The van der Waals surface area contributed by atoms with Crippen molar-refractivity contribution in [2.24, 2.45) is 0 Å². The van der Waals surface area contributed by atoms with Gasteiger partial charge in [-0.15, -0.1) is 0 Å². The molecule has 0 aliphatic heterocycles. The SMILES string of the molecule is [2H]C=C1C=CCCC1. The fourth-order valence-electron chi connectivity index (χ4n) is 0.742. The van der Waals surface area contributed by atoms with Gasteiger partial charge in [0.2, 0.25) is 0 Å². The fourth-order valence-corrected chi connectivity index (χ4v) is 0.742. The van der Waals surface area contributed by atoms with Crippen molar-refractivity contribution in [2.45, 2.75) is 19.3 Å². The summed E-state index contributed by atoms with van der Waals surface area (Å²) in [6, 6.07) is 0. The van der Waals surface area contributed by atoms with E-state index in [9.17, 15) is 0 Å². The van der Waals surface area contributed by atoms with Crippen LogP contribution in [0.25, 0.3) is 0 Å². The van der Waals surface area contributed by atoms with Crippen LogP contribution in [-0.2, 0) is 0 Å². The lowest BCUT2D eigenvalue weighted by Crippen LogP contribution is -1.82. The lowest BCUT2D eigenvalue weighted by Gasteiger charge is -2.02. The molecule has 0 bridgehead atoms. The lowest BCUT2D eigenvalue weighted by atomic mass is 10.0. The first kappa shape index (κ1) is 3.48. The first-order valence-corrected chi connectivity index (χ1v) is 2.67. The highest BCUT2D eigenvalue weighted by molar-refractivity contribution is 5.16. The molecule has 38 valence electrons. The first-order valence-electron chi connectivity index (χ1n) is 3.25. The fraction of sp³-hybridized carbons (Fsp3) is 0.429. The molecule has 0 aromatic rings. The Bertz CT molecular complexity index is 122. The average Bonchev–Trinajstić information content (AvgIpc) is 1.90. The van der Waals surface area contributed by atoms with Crippen LogP contribution in [0.15, 0.2) is 24.3 Å². The summed E-state index contributed by atoms with van der Waals surface area (Å²) in [6.45, 7) is 1.44. The normalized spacial score (nSPS) is 28.0. The number of hydrogen-bond acceptors (Lipinski definition) is 0. The summed E-state index contributed by atoms with van der Waals surface area (Å²) in [5.41, 5.74) is 1.16. The third-order valence-electron chi connectivity index (χ3n) is 1.17. The molecule has 0 N–H and O–H groups in total. The predicted molar refractivity (Wildman–Crippen MR) is 32.1 cm³/mol. The summed E-state index contributed by atoms with van der Waals surface area (Å²) < 4.78 is 6.88. The smallest absolute Gasteiger partial charge is 0.0541 e. The Labute approximate surface area is 45.9 Å². The molecule has 0 amide bonds. The molecule has 0 nitrogen and oxygen atoms in total. The van der Waals surface area contributed by atoms with E-state index in [1.54, 1.807) is 0 Å². The molecule has 0 fully saturated rings. The van der Waals surface area contributed by atoms with Crippen LogP contribution in [0, 0.1) is 0 Å². The molecule has 0 atom stereocenters. The van der Waals surface area contributed by atoms with Crippen LogP contribution in [0.1, 0.15) is 20.6 Å². The summed E-state index contributed by atoms with van der Waals surface area (Å²) in [4.78, 5) is 0. The maximum Gasteiger partial charge on any atom is 0.0541 e. The molecular formula is C7H10. The predicted octanol–water partition coefficient (Wildman–Crippen LogP) is 2.28. The molecule has 1 rings (SSSR count). The van der Waals surface area contributed by atoms with Gasteiger partial charge < -0.3 is 0 Å². The Morgan fingerprint density at radius 1 is 1.86 bits per heavy atom. The number of hydrogen-bond donors (Lipinski definition) is 0. The molecule has 0 aromatic carbocycles. The lowest BCUT2D eigenvalue weighted by molar-refractivity contribution is 0.823. The zero-order chi connectivity index (χ0) is 5.82. The summed E-state index contributed by atoms with van der Waals surface area (Å²) >= 11 is 0. The summed E-state index contributed by atoms with van der Waals surface area (Å²) in [7, 11) is 0. The van der Waals surface area contributed by atoms with E-state index in [2.05, 4.69) is 6.08 Å². The van der Waals surface area contributed by atoms with E-state index in [-0.39, 0.29) is 0 Å². The molecule has 0 heteroatoms. The van der Waals surface area contributed by atoms with E-state index in [4.69, 9.17) is 1.37 Å². The van der Waals surface area contributed by atoms with Crippen molar-refractivity contribution >= 4 is 0 Å². The van der Waals surface area contributed by atoms with Crippen LogP contribution in [0.3, 0.4) is 0 Å². The molecule has 1 aliphatic carbocycles. The molecule has 0 aromatic heterocycles. The molecule has 0 saturated carbocycles. The van der Waals surface area contributed by atoms with Crippen molar-refractivity contribution in [2.75, 3.05) is 0 Å². The third kappa shape index (κ3) is 1.19. The molecule has 0 spiro atoms. The van der Waals surface area contributed by atoms with Gasteiger partial charge in [-0.05, 0) is 19.3 Å². The molecule has 0 heterocycles. The zero-order valence-electron chi connectivity index (χ0n) is 5.35. The van der Waals surface area contributed by atoms with Gasteiger partial charge in [-0.25, -0.2) is 0 Å². The minimum Gasteiger partial charge on any atom is -0.0958 e. The maximum atomic E-state index is 6.88. The Morgan fingerprint density at radius 2 is 2.86 bits per heavy atom. The van der Waals surface area contributed by atoms with Gasteiger partial charge in [0.25, 0.3) is 0 Å². The van der Waals surface area contributed by atoms with Crippen molar-refractivity contribution in [3.05, 3.63) is 24.3 Å². The van der Waals surface area contributed by atoms with E-state index in [0.717, 1.165) is 12.0 Å². The molecular weight excluding hydrogens is 84.1 g/mol. The van der Waals surface area contributed by atoms with Crippen molar-refractivity contribution in [1.82, 2.24) is 0 Å². The largest absolute Gasteiger partial charge is 0.0958 e. The monoisotopic (exact) mass is 95.1 g/mol. The van der Waals surface area contributed by atoms with Gasteiger partial charge in [0, 0.05) is 0 Å². The van der Waals surface area contributed by atoms with Crippen molar-refractivity contribution in [3.8, 4) is 0 Å². The van der Waals surface area contributed by atoms with Gasteiger partial charge in [-0.2, -0.15) is 0 Å². The van der Waals surface area contributed by atoms with E-state index < -0.39 is 0 Å². The molecule has 0 saturated heterocycles. The van der Waals surface area contributed by atoms with E-state index >= 15 is 0 Å². The summed E-state index contributed by atoms with van der Waals surface area (Å²) in [5, 5.41) is 0. The summed E-state index contributed by atoms with van der Waals surface area (Å²) in [5.74, 6) is 0. The van der Waals surface area contributed by atoms with Crippen LogP contribution in [0.5, 0.6) is 0 Å². The Morgan fingerprint density at radius 3 is 3.29 bits per heavy atom. The number of rotatable bonds is 0. The van der Waals surface area contributed by atoms with Crippen molar-refractivity contribution in [3.63, 3.8) is 0 Å². The molecule has 0 unspecified atom stereocenters. The minimum absolute atomic E-state index is 1.10. The maximum absolute atomic E-state index is 6.88. The second-order valence-electron chi connectivity index (χ2n) is 1.87. The number of allylic oxidation sites excluding steroid dienone is 3. The van der Waals surface area contributed by atoms with Gasteiger partial charge in [0.05, 0.1) is 1.37 Å². The summed E-state index contributed by atoms with van der Waals surface area (Å²) in [6.07, 6.45) is 7.68. The van der Waals surface area contributed by atoms with Crippen LogP contribution in [-0.4, -0.2) is 0 Å². The highest BCUT2D eigenvalue weighted by Gasteiger charge is 1.92. The van der Waals surface area contributed by atoms with E-state index in [0.29, 0.717) is 0 Å². The second kappa shape index (κ2) is 1.97. The standard InChI is InChI=1S/C7H10/c1-7-5-3-2-4-6-7/h3,5H,1-2,4,6H2/i1D. The molecule has 1 aliphatic rings. The van der Waals surface area contributed by atoms with Gasteiger partial charge in [-0.3, -0.25) is 0 Å². The zero-order valence-corrected chi connectivity index (χ0v) is 4.35. The van der Waals surface area contributed by atoms with Crippen molar-refractivity contribution < 1.29 is 1.37 Å². The average molecular weight is 95.2 g/mol. The van der Waals surface area contributed by atoms with Gasteiger partial charge >= 0.3 is 0 Å². The van der Waals surface area contributed by atoms with Crippen LogP contribution in [0.4, 0.5) is 0 Å². The molecule has 0 radical (unpaired) electrons. The Hall–Kier alpha value is -0.520. The van der Waals surface area contributed by atoms with Crippen LogP contribution < -0.4 is 0 Å².